The highest BCUT2D eigenvalue weighted by Crippen LogP contribution is 2.41. The highest BCUT2D eigenvalue weighted by Gasteiger charge is 2.52. The minimum absolute atomic E-state index is 0.0589. The predicted molar refractivity (Wildman–Crippen MR) is 154 cm³/mol. The molecule has 1 aromatic heterocycles. The lowest BCUT2D eigenvalue weighted by Gasteiger charge is -2.30. The van der Waals surface area contributed by atoms with Crippen LogP contribution >= 0.6 is 11.3 Å². The van der Waals surface area contributed by atoms with E-state index in [4.69, 9.17) is 0 Å². The third-order valence-corrected chi connectivity index (χ3v) is 8.56. The van der Waals surface area contributed by atoms with Crippen molar-refractivity contribution in [1.29, 1.82) is 0 Å². The molecule has 2 aromatic rings. The van der Waals surface area contributed by atoms with Gasteiger partial charge < -0.3 is 15.3 Å². The number of benzene rings is 1. The van der Waals surface area contributed by atoms with E-state index in [1.165, 1.54) is 4.90 Å². The van der Waals surface area contributed by atoms with Crippen LogP contribution in [0.1, 0.15) is 89.6 Å². The first-order valence-electron chi connectivity index (χ1n) is 13.8. The van der Waals surface area contributed by atoms with E-state index in [0.717, 1.165) is 27.3 Å². The zero-order valence-corrected chi connectivity index (χ0v) is 25.1. The number of alkyl halides is 1. The van der Waals surface area contributed by atoms with Crippen molar-refractivity contribution in [2.24, 2.45) is 10.4 Å². The van der Waals surface area contributed by atoms with Gasteiger partial charge in [0.15, 0.2) is 5.67 Å². The number of nitrogens with zero attached hydrogens (tertiary/aromatic N) is 3. The molecule has 2 fully saturated rings. The summed E-state index contributed by atoms with van der Waals surface area (Å²) in [7, 11) is 0. The fourth-order valence-corrected chi connectivity index (χ4v) is 5.86. The Labute approximate surface area is 239 Å². The second-order valence-electron chi connectivity index (χ2n) is 12.3. The number of rotatable bonds is 7. The summed E-state index contributed by atoms with van der Waals surface area (Å²) < 4.78 is 14.4. The van der Waals surface area contributed by atoms with Gasteiger partial charge in [0, 0.05) is 18.4 Å². The van der Waals surface area contributed by atoms with E-state index >= 15 is 0 Å². The van der Waals surface area contributed by atoms with Crippen LogP contribution in [0.15, 0.2) is 28.7 Å². The van der Waals surface area contributed by atoms with E-state index < -0.39 is 41.0 Å². The Kier molecular flexibility index (Phi) is 8.34. The quantitative estimate of drug-likeness (QED) is 0.460. The molecule has 3 amide bonds. The Morgan fingerprint density at radius 1 is 1.20 bits per heavy atom. The SMILES string of the molecule is Cc1ncsc1-c1ccc([C@@H](C)NC(=O)[C@@H]2C[C@@H](O)CN2C(=O)C(=NC(=O)C2(F)CC2)C(C)(C)C)c(C(C)C)c1. The number of aryl methyl sites for hydroxylation is 1. The number of hydrogen-bond acceptors (Lipinski definition) is 6. The molecule has 0 spiro atoms. The normalized spacial score (nSPS) is 21.4. The monoisotopic (exact) mass is 570 g/mol. The highest BCUT2D eigenvalue weighted by atomic mass is 32.1. The Bertz CT molecular complexity index is 1340. The van der Waals surface area contributed by atoms with Gasteiger partial charge in [-0.25, -0.2) is 14.4 Å². The maximum absolute atomic E-state index is 14.4. The maximum atomic E-state index is 14.4. The van der Waals surface area contributed by atoms with Gasteiger partial charge in [0.2, 0.25) is 5.91 Å². The maximum Gasteiger partial charge on any atom is 0.283 e. The predicted octanol–water partition coefficient (Wildman–Crippen LogP) is 4.90. The molecule has 2 aliphatic rings. The lowest BCUT2D eigenvalue weighted by molar-refractivity contribution is -0.134. The van der Waals surface area contributed by atoms with E-state index in [1.807, 2.05) is 31.5 Å². The van der Waals surface area contributed by atoms with Crippen LogP contribution in [0.5, 0.6) is 0 Å². The van der Waals surface area contributed by atoms with E-state index in [1.54, 1.807) is 32.1 Å². The molecule has 2 heterocycles. The summed E-state index contributed by atoms with van der Waals surface area (Å²) in [6, 6.07) is 4.87. The summed E-state index contributed by atoms with van der Waals surface area (Å²) in [6.45, 7) is 13.1. The number of carbonyl (C=O) groups is 3. The number of aliphatic hydroxyl groups excluding tert-OH is 1. The van der Waals surface area contributed by atoms with Crippen molar-refractivity contribution in [2.45, 2.75) is 97.5 Å². The molecule has 40 heavy (non-hydrogen) atoms. The summed E-state index contributed by atoms with van der Waals surface area (Å²) in [5.41, 5.74) is 2.94. The molecular formula is C30H39FN4O4S. The average molecular weight is 571 g/mol. The number of amides is 3. The second-order valence-corrected chi connectivity index (χ2v) is 13.2. The molecule has 0 bridgehead atoms. The molecular weight excluding hydrogens is 531 g/mol. The van der Waals surface area contributed by atoms with Crippen molar-refractivity contribution >= 4 is 34.8 Å². The number of carbonyl (C=O) groups excluding carboxylic acids is 3. The standard InChI is InChI=1S/C30H39FN4O4S/c1-16(2)22-12-19(24-18(4)32-15-40-24)8-9-21(22)17(3)33-26(37)23-13-20(36)14-35(23)27(38)25(29(5,6)7)34-28(39)30(31)10-11-30/h8-9,12,15-17,20,23,36H,10-11,13-14H2,1-7H3,(H,33,37)/t17-,20-,23+/m1/s1. The van der Waals surface area contributed by atoms with Crippen molar-refractivity contribution in [2.75, 3.05) is 6.54 Å². The first-order valence-corrected chi connectivity index (χ1v) is 14.7. The number of likely N-dealkylation sites (tertiary alicyclic amines) is 1. The Balaban J connectivity index is 1.56. The molecule has 1 aliphatic carbocycles. The first-order chi connectivity index (χ1) is 18.6. The van der Waals surface area contributed by atoms with E-state index in [-0.39, 0.29) is 43.5 Å². The number of nitrogens with one attached hydrogen (secondary N) is 1. The Hall–Kier alpha value is -2.98. The van der Waals surface area contributed by atoms with Crippen molar-refractivity contribution in [1.82, 2.24) is 15.2 Å². The molecule has 2 N–H and O–H groups in total. The number of aromatic nitrogens is 1. The van der Waals surface area contributed by atoms with Gasteiger partial charge >= 0.3 is 0 Å². The van der Waals surface area contributed by atoms with Gasteiger partial charge in [-0.3, -0.25) is 14.4 Å². The largest absolute Gasteiger partial charge is 0.391 e. The fraction of sp³-hybridized carbons (Fsp3) is 0.567. The third-order valence-electron chi connectivity index (χ3n) is 7.58. The molecule has 10 heteroatoms. The van der Waals surface area contributed by atoms with Gasteiger partial charge in [0.1, 0.15) is 11.8 Å². The number of β-amino-alcohol motifs (C(OH)–C–C–N with tert-alkyl or cyclic N) is 1. The molecule has 1 saturated heterocycles. The van der Waals surface area contributed by atoms with Crippen LogP contribution in [0.3, 0.4) is 0 Å². The summed E-state index contributed by atoms with van der Waals surface area (Å²) >= 11 is 1.59. The van der Waals surface area contributed by atoms with Crippen LogP contribution in [0.2, 0.25) is 0 Å². The molecule has 216 valence electrons. The molecule has 3 atom stereocenters. The van der Waals surface area contributed by atoms with Crippen LogP contribution in [0.25, 0.3) is 10.4 Å². The average Bonchev–Trinajstić information content (AvgIpc) is 3.28. The highest BCUT2D eigenvalue weighted by molar-refractivity contribution is 7.13. The van der Waals surface area contributed by atoms with Crippen LogP contribution in [0, 0.1) is 12.3 Å². The summed E-state index contributed by atoms with van der Waals surface area (Å²) in [5.74, 6) is -1.81. The van der Waals surface area contributed by atoms with Gasteiger partial charge in [-0.05, 0) is 55.4 Å². The lowest BCUT2D eigenvalue weighted by atomic mass is 9.88. The molecule has 0 radical (unpaired) electrons. The van der Waals surface area contributed by atoms with Gasteiger partial charge in [0.05, 0.1) is 28.2 Å². The molecule has 8 nitrogen and oxygen atoms in total. The Morgan fingerprint density at radius 2 is 1.88 bits per heavy atom. The van der Waals surface area contributed by atoms with E-state index in [0.29, 0.717) is 0 Å². The van der Waals surface area contributed by atoms with Crippen molar-refractivity contribution in [3.63, 3.8) is 0 Å². The number of aliphatic imine (C=N–C) groups is 1. The number of aliphatic hydroxyl groups is 1. The molecule has 1 aliphatic heterocycles. The summed E-state index contributed by atoms with van der Waals surface area (Å²) in [4.78, 5) is 50.2. The van der Waals surface area contributed by atoms with E-state index in [9.17, 15) is 23.9 Å². The lowest BCUT2D eigenvalue weighted by Crippen LogP contribution is -2.50. The minimum Gasteiger partial charge on any atom is -0.391 e. The first kappa shape index (κ1) is 30.0. The van der Waals surface area contributed by atoms with Crippen LogP contribution < -0.4 is 5.32 Å². The number of thiazole rings is 1. The fourth-order valence-electron chi connectivity index (χ4n) is 5.06. The van der Waals surface area contributed by atoms with Gasteiger partial charge in [-0.1, -0.05) is 46.8 Å². The number of hydrogen-bond donors (Lipinski definition) is 2. The topological polar surface area (TPSA) is 112 Å². The number of halogens is 1. The summed E-state index contributed by atoms with van der Waals surface area (Å²) in [6.07, 6.45) is -0.662. The van der Waals surface area contributed by atoms with Gasteiger partial charge in [0.25, 0.3) is 11.8 Å². The van der Waals surface area contributed by atoms with Crippen molar-refractivity contribution in [3.05, 3.63) is 40.5 Å². The zero-order chi connectivity index (χ0) is 29.6. The minimum atomic E-state index is -2.00. The van der Waals surface area contributed by atoms with Crippen LogP contribution in [-0.4, -0.2) is 62.8 Å². The van der Waals surface area contributed by atoms with Gasteiger partial charge in [-0.2, -0.15) is 0 Å². The smallest absolute Gasteiger partial charge is 0.283 e. The van der Waals surface area contributed by atoms with Crippen molar-refractivity contribution < 1.29 is 23.9 Å². The molecule has 0 unspecified atom stereocenters. The van der Waals surface area contributed by atoms with Gasteiger partial charge in [-0.15, -0.1) is 11.3 Å². The molecule has 1 aromatic carbocycles. The third kappa shape index (κ3) is 6.17. The summed E-state index contributed by atoms with van der Waals surface area (Å²) in [5, 5.41) is 13.5. The molecule has 4 rings (SSSR count). The van der Waals surface area contributed by atoms with Crippen molar-refractivity contribution in [3.8, 4) is 10.4 Å². The Morgan fingerprint density at radius 3 is 2.42 bits per heavy atom. The van der Waals surface area contributed by atoms with Crippen LogP contribution in [-0.2, 0) is 14.4 Å². The zero-order valence-electron chi connectivity index (χ0n) is 24.2. The van der Waals surface area contributed by atoms with E-state index in [2.05, 4.69) is 35.2 Å². The second kappa shape index (κ2) is 11.1. The van der Waals surface area contributed by atoms with Crippen LogP contribution in [0.4, 0.5) is 4.39 Å². The molecule has 1 saturated carbocycles.